The minimum Gasteiger partial charge on any atom is -0.369 e. The lowest BCUT2D eigenvalue weighted by atomic mass is 10.1. The van der Waals surface area contributed by atoms with E-state index in [1.807, 2.05) is 0 Å². The highest BCUT2D eigenvalue weighted by Gasteiger charge is 2.40. The molecule has 1 aromatic heterocycles. The highest BCUT2D eigenvalue weighted by molar-refractivity contribution is 5.39. The van der Waals surface area contributed by atoms with Gasteiger partial charge in [0, 0.05) is 23.7 Å². The Kier molecular flexibility index (Phi) is 2.02. The van der Waals surface area contributed by atoms with E-state index in [-0.39, 0.29) is 0 Å². The van der Waals surface area contributed by atoms with Crippen LogP contribution in [-0.2, 0) is 5.41 Å². The second-order valence-electron chi connectivity index (χ2n) is 4.15. The number of nitrogens with zero attached hydrogens (tertiary/aromatic N) is 1. The van der Waals surface area contributed by atoms with Crippen LogP contribution < -0.4 is 5.32 Å². The van der Waals surface area contributed by atoms with Gasteiger partial charge in [0.1, 0.15) is 5.82 Å². The van der Waals surface area contributed by atoms with Crippen LogP contribution in [-0.4, -0.2) is 16.7 Å². The van der Waals surface area contributed by atoms with Crippen molar-refractivity contribution in [3.63, 3.8) is 0 Å². The van der Waals surface area contributed by atoms with Crippen LogP contribution in [0.5, 0.6) is 0 Å². The predicted molar refractivity (Wildman–Crippen MR) is 54.0 cm³/mol. The minimum atomic E-state index is 0.402. The fourth-order valence-corrected chi connectivity index (χ4v) is 1.43. The zero-order chi connectivity index (χ0) is 9.31. The molecule has 0 atom stereocenters. The zero-order valence-corrected chi connectivity index (χ0v) is 8.35. The molecule has 13 heavy (non-hydrogen) atoms. The monoisotopic (exact) mass is 179 g/mol. The summed E-state index contributed by atoms with van der Waals surface area (Å²) < 4.78 is 0. The van der Waals surface area contributed by atoms with Gasteiger partial charge in [0.05, 0.1) is 0 Å². The third kappa shape index (κ3) is 1.69. The van der Waals surface area contributed by atoms with Crippen LogP contribution in [0.1, 0.15) is 38.8 Å². The van der Waals surface area contributed by atoms with E-state index in [9.17, 15) is 0 Å². The van der Waals surface area contributed by atoms with Crippen LogP contribution in [0.2, 0.25) is 0 Å². The number of H-pyrrole nitrogens is 1. The number of nitrogens with one attached hydrogen (secondary N) is 2. The molecular weight excluding hydrogens is 162 g/mol. The van der Waals surface area contributed by atoms with Crippen molar-refractivity contribution in [2.45, 2.75) is 38.5 Å². The minimum absolute atomic E-state index is 0.402. The molecule has 2 rings (SSSR count). The molecule has 0 spiro atoms. The Labute approximate surface area is 78.9 Å². The largest absolute Gasteiger partial charge is 0.369 e. The van der Waals surface area contributed by atoms with E-state index in [2.05, 4.69) is 35.4 Å². The Balaban J connectivity index is 2.01. The van der Waals surface area contributed by atoms with Crippen molar-refractivity contribution >= 4 is 5.82 Å². The van der Waals surface area contributed by atoms with E-state index >= 15 is 0 Å². The summed E-state index contributed by atoms with van der Waals surface area (Å²) in [6.07, 6.45) is 3.73. The van der Waals surface area contributed by atoms with Crippen LogP contribution in [0.15, 0.2) is 6.07 Å². The van der Waals surface area contributed by atoms with Crippen LogP contribution in [0, 0.1) is 0 Å². The first-order valence-electron chi connectivity index (χ1n) is 5.04. The summed E-state index contributed by atoms with van der Waals surface area (Å²) >= 11 is 0. The molecule has 0 bridgehead atoms. The fourth-order valence-electron chi connectivity index (χ4n) is 1.43. The molecule has 1 aliphatic carbocycles. The molecule has 2 N–H and O–H groups in total. The molecule has 0 saturated heterocycles. The lowest BCUT2D eigenvalue weighted by molar-refractivity contribution is 0.742. The molecule has 72 valence electrons. The zero-order valence-electron chi connectivity index (χ0n) is 8.35. The van der Waals surface area contributed by atoms with Crippen LogP contribution in [0.25, 0.3) is 0 Å². The van der Waals surface area contributed by atoms with E-state index in [4.69, 9.17) is 0 Å². The Bertz CT molecular complexity index is 286. The SMILES string of the molecule is CCCNc1cc(C2(C)CC2)[nH]n1. The van der Waals surface area contributed by atoms with Gasteiger partial charge in [-0.3, -0.25) is 5.10 Å². The molecule has 3 heteroatoms. The number of anilines is 1. The molecule has 1 saturated carbocycles. The van der Waals surface area contributed by atoms with E-state index < -0.39 is 0 Å². The van der Waals surface area contributed by atoms with Crippen molar-refractivity contribution in [2.24, 2.45) is 0 Å². The van der Waals surface area contributed by atoms with E-state index in [1.165, 1.54) is 18.5 Å². The summed E-state index contributed by atoms with van der Waals surface area (Å²) in [6.45, 7) is 5.44. The van der Waals surface area contributed by atoms with Gasteiger partial charge in [-0.1, -0.05) is 13.8 Å². The van der Waals surface area contributed by atoms with Gasteiger partial charge in [-0.05, 0) is 19.3 Å². The number of aromatic nitrogens is 2. The third-order valence-electron chi connectivity index (χ3n) is 2.78. The maximum Gasteiger partial charge on any atom is 0.148 e. The van der Waals surface area contributed by atoms with Crippen molar-refractivity contribution in [3.05, 3.63) is 11.8 Å². The average molecular weight is 179 g/mol. The quantitative estimate of drug-likeness (QED) is 0.744. The van der Waals surface area contributed by atoms with Gasteiger partial charge >= 0.3 is 0 Å². The van der Waals surface area contributed by atoms with Gasteiger partial charge in [0.25, 0.3) is 0 Å². The summed E-state index contributed by atoms with van der Waals surface area (Å²) in [5, 5.41) is 10.6. The molecular formula is C10H17N3. The Morgan fingerprint density at radius 2 is 2.38 bits per heavy atom. The third-order valence-corrected chi connectivity index (χ3v) is 2.78. The molecule has 0 unspecified atom stereocenters. The molecule has 0 radical (unpaired) electrons. The molecule has 1 aromatic rings. The Morgan fingerprint density at radius 3 is 3.00 bits per heavy atom. The smallest absolute Gasteiger partial charge is 0.148 e. The molecule has 0 aromatic carbocycles. The van der Waals surface area contributed by atoms with Gasteiger partial charge in [-0.2, -0.15) is 5.10 Å². The second kappa shape index (κ2) is 3.05. The average Bonchev–Trinajstić information content (AvgIpc) is 2.69. The van der Waals surface area contributed by atoms with Gasteiger partial charge in [0.15, 0.2) is 0 Å². The molecule has 3 nitrogen and oxygen atoms in total. The summed E-state index contributed by atoms with van der Waals surface area (Å²) in [5.74, 6) is 0.991. The Hall–Kier alpha value is -0.990. The number of hydrogen-bond donors (Lipinski definition) is 2. The number of rotatable bonds is 4. The van der Waals surface area contributed by atoms with Crippen LogP contribution >= 0.6 is 0 Å². The molecule has 0 amide bonds. The lowest BCUT2D eigenvalue weighted by Crippen LogP contribution is -2.00. The fraction of sp³-hybridized carbons (Fsp3) is 0.700. The first-order valence-corrected chi connectivity index (χ1v) is 5.04. The van der Waals surface area contributed by atoms with Gasteiger partial charge in [0.2, 0.25) is 0 Å². The molecule has 0 aliphatic heterocycles. The summed E-state index contributed by atoms with van der Waals surface area (Å²) in [4.78, 5) is 0. The molecule has 1 fully saturated rings. The summed E-state index contributed by atoms with van der Waals surface area (Å²) in [5.41, 5.74) is 1.69. The lowest BCUT2D eigenvalue weighted by Gasteiger charge is -2.01. The van der Waals surface area contributed by atoms with Crippen molar-refractivity contribution in [1.82, 2.24) is 10.2 Å². The van der Waals surface area contributed by atoms with Crippen molar-refractivity contribution in [3.8, 4) is 0 Å². The maximum atomic E-state index is 4.22. The van der Waals surface area contributed by atoms with Crippen LogP contribution in [0.3, 0.4) is 0 Å². The number of hydrogen-bond acceptors (Lipinski definition) is 2. The molecule has 1 heterocycles. The van der Waals surface area contributed by atoms with Crippen molar-refractivity contribution < 1.29 is 0 Å². The second-order valence-corrected chi connectivity index (χ2v) is 4.15. The van der Waals surface area contributed by atoms with Gasteiger partial charge < -0.3 is 5.32 Å². The predicted octanol–water partition coefficient (Wildman–Crippen LogP) is 2.28. The first kappa shape index (κ1) is 8.60. The first-order chi connectivity index (χ1) is 6.24. The summed E-state index contributed by atoms with van der Waals surface area (Å²) in [7, 11) is 0. The van der Waals surface area contributed by atoms with E-state index in [0.717, 1.165) is 18.8 Å². The highest BCUT2D eigenvalue weighted by atomic mass is 15.2. The topological polar surface area (TPSA) is 40.7 Å². The van der Waals surface area contributed by atoms with Crippen molar-refractivity contribution in [1.29, 1.82) is 0 Å². The summed E-state index contributed by atoms with van der Waals surface area (Å²) in [6, 6.07) is 2.14. The molecule has 1 aliphatic rings. The highest BCUT2D eigenvalue weighted by Crippen LogP contribution is 2.46. The Morgan fingerprint density at radius 1 is 1.62 bits per heavy atom. The van der Waals surface area contributed by atoms with Crippen molar-refractivity contribution in [2.75, 3.05) is 11.9 Å². The van der Waals surface area contributed by atoms with E-state index in [0.29, 0.717) is 5.41 Å². The maximum absolute atomic E-state index is 4.22. The van der Waals surface area contributed by atoms with Gasteiger partial charge in [-0.15, -0.1) is 0 Å². The normalized spacial score (nSPS) is 18.6. The van der Waals surface area contributed by atoms with E-state index in [1.54, 1.807) is 0 Å². The van der Waals surface area contributed by atoms with Crippen LogP contribution in [0.4, 0.5) is 5.82 Å². The van der Waals surface area contributed by atoms with Gasteiger partial charge in [-0.25, -0.2) is 0 Å². The standard InChI is InChI=1S/C10H17N3/c1-3-6-11-9-7-8(12-13-9)10(2)4-5-10/h7H,3-6H2,1-2H3,(H2,11,12,13). The number of aromatic amines is 1.